The van der Waals surface area contributed by atoms with E-state index in [0.717, 1.165) is 24.9 Å². The van der Waals surface area contributed by atoms with E-state index >= 15 is 0 Å². The lowest BCUT2D eigenvalue weighted by Crippen LogP contribution is -2.59. The summed E-state index contributed by atoms with van der Waals surface area (Å²) in [5, 5.41) is 3.38. The fourth-order valence-electron chi connectivity index (χ4n) is 3.82. The molecule has 0 saturated carbocycles. The van der Waals surface area contributed by atoms with E-state index in [2.05, 4.69) is 19.2 Å². The van der Waals surface area contributed by atoms with E-state index in [1.807, 2.05) is 24.0 Å². The van der Waals surface area contributed by atoms with E-state index in [1.165, 1.54) is 4.31 Å². The van der Waals surface area contributed by atoms with Gasteiger partial charge in [0.2, 0.25) is 15.9 Å². The molecule has 152 valence electrons. The number of nitrogens with one attached hydrogen (secondary N) is 1. The Hall–Kier alpha value is -1.15. The highest BCUT2D eigenvalue weighted by molar-refractivity contribution is 7.89. The average Bonchev–Trinajstić information content (AvgIpc) is 2.64. The molecule has 0 aromatic heterocycles. The second-order valence-electron chi connectivity index (χ2n) is 7.53. The van der Waals surface area contributed by atoms with Crippen LogP contribution in [0.4, 0.5) is 0 Å². The van der Waals surface area contributed by atoms with Crippen molar-refractivity contribution in [3.05, 3.63) is 29.8 Å². The van der Waals surface area contributed by atoms with Crippen molar-refractivity contribution >= 4 is 28.3 Å². The van der Waals surface area contributed by atoms with E-state index in [-0.39, 0.29) is 42.9 Å². The quantitative estimate of drug-likeness (QED) is 0.820. The van der Waals surface area contributed by atoms with E-state index < -0.39 is 10.0 Å². The van der Waals surface area contributed by atoms with Gasteiger partial charge >= 0.3 is 0 Å². The van der Waals surface area contributed by atoms with Gasteiger partial charge in [-0.15, -0.1) is 12.4 Å². The van der Waals surface area contributed by atoms with Gasteiger partial charge in [0.05, 0.1) is 10.8 Å². The highest BCUT2D eigenvalue weighted by Gasteiger charge is 2.37. The molecular formula is C19H30ClN3O3S. The zero-order chi connectivity index (χ0) is 18.9. The number of piperazine rings is 1. The van der Waals surface area contributed by atoms with E-state index in [1.54, 1.807) is 12.1 Å². The van der Waals surface area contributed by atoms with Crippen LogP contribution in [-0.4, -0.2) is 61.8 Å². The van der Waals surface area contributed by atoms with Gasteiger partial charge in [-0.3, -0.25) is 4.79 Å². The molecule has 2 saturated heterocycles. The van der Waals surface area contributed by atoms with Gasteiger partial charge < -0.3 is 10.2 Å². The highest BCUT2D eigenvalue weighted by Crippen LogP contribution is 2.26. The number of hydrogen-bond acceptors (Lipinski definition) is 4. The van der Waals surface area contributed by atoms with Crippen LogP contribution in [0, 0.1) is 12.8 Å². The Balaban J connectivity index is 0.00000261. The first kappa shape index (κ1) is 22.1. The molecule has 3 rings (SSSR count). The van der Waals surface area contributed by atoms with Crippen LogP contribution in [-0.2, 0) is 14.8 Å². The largest absolute Gasteiger partial charge is 0.337 e. The Morgan fingerprint density at radius 3 is 2.48 bits per heavy atom. The second-order valence-corrected chi connectivity index (χ2v) is 9.47. The summed E-state index contributed by atoms with van der Waals surface area (Å²) >= 11 is 0. The summed E-state index contributed by atoms with van der Waals surface area (Å²) in [5.41, 5.74) is 1.03. The number of sulfonamides is 1. The fraction of sp³-hybridized carbons (Fsp3) is 0.632. The summed E-state index contributed by atoms with van der Waals surface area (Å²) < 4.78 is 27.4. The highest BCUT2D eigenvalue weighted by atomic mass is 35.5. The summed E-state index contributed by atoms with van der Waals surface area (Å²) in [6.07, 6.45) is 1.47. The zero-order valence-corrected chi connectivity index (χ0v) is 17.9. The summed E-state index contributed by atoms with van der Waals surface area (Å²) in [6.45, 7) is 8.30. The molecule has 0 aliphatic carbocycles. The third kappa shape index (κ3) is 4.65. The van der Waals surface area contributed by atoms with Gasteiger partial charge in [-0.1, -0.05) is 17.7 Å². The van der Waals surface area contributed by atoms with Gasteiger partial charge in [0.25, 0.3) is 0 Å². The predicted octanol–water partition coefficient (Wildman–Crippen LogP) is 2.03. The Labute approximate surface area is 168 Å². The first-order chi connectivity index (χ1) is 12.3. The molecule has 1 N–H and O–H groups in total. The minimum atomic E-state index is -3.55. The molecule has 2 heterocycles. The van der Waals surface area contributed by atoms with Crippen LogP contribution in [0.15, 0.2) is 29.2 Å². The maximum absolute atomic E-state index is 13.0. The van der Waals surface area contributed by atoms with Crippen molar-refractivity contribution in [1.29, 1.82) is 0 Å². The van der Waals surface area contributed by atoms with Gasteiger partial charge in [-0.2, -0.15) is 4.31 Å². The number of halogens is 1. The number of piperidine rings is 1. The van der Waals surface area contributed by atoms with Crippen molar-refractivity contribution in [2.75, 3.05) is 26.2 Å². The van der Waals surface area contributed by atoms with Crippen molar-refractivity contribution in [1.82, 2.24) is 14.5 Å². The maximum atomic E-state index is 13.0. The number of hydrogen-bond donors (Lipinski definition) is 1. The van der Waals surface area contributed by atoms with Crippen molar-refractivity contribution in [2.24, 2.45) is 5.92 Å². The molecular weight excluding hydrogens is 386 g/mol. The third-order valence-corrected chi connectivity index (χ3v) is 7.59. The minimum Gasteiger partial charge on any atom is -0.337 e. The van der Waals surface area contributed by atoms with Crippen molar-refractivity contribution < 1.29 is 13.2 Å². The van der Waals surface area contributed by atoms with Gasteiger partial charge in [-0.05, 0) is 45.7 Å². The number of benzene rings is 1. The van der Waals surface area contributed by atoms with E-state index in [9.17, 15) is 13.2 Å². The van der Waals surface area contributed by atoms with Gasteiger partial charge in [-0.25, -0.2) is 8.42 Å². The molecule has 1 aromatic rings. The third-order valence-electron chi connectivity index (χ3n) is 5.71. The second kappa shape index (κ2) is 8.90. The number of amides is 1. The van der Waals surface area contributed by atoms with Crippen LogP contribution in [0.2, 0.25) is 0 Å². The number of carbonyl (C=O) groups is 1. The normalized spacial score (nSPS) is 27.1. The standard InChI is InChI=1S/C19H29N3O3S.ClH/c1-14-6-8-18(9-7-14)26(24,25)21-11-4-5-17(13-21)19(23)22-12-10-20-15(2)16(22)3;/h6-9,15-17,20H,4-5,10-13H2,1-3H3;1H. The van der Waals surface area contributed by atoms with Crippen LogP contribution in [0.5, 0.6) is 0 Å². The number of rotatable bonds is 3. The topological polar surface area (TPSA) is 69.7 Å². The SMILES string of the molecule is Cc1ccc(S(=O)(=O)N2CCCC(C(=O)N3CCNC(C)C3C)C2)cc1.Cl. The molecule has 2 fully saturated rings. The van der Waals surface area contributed by atoms with Gasteiger partial charge in [0.15, 0.2) is 0 Å². The molecule has 3 unspecified atom stereocenters. The molecule has 2 aliphatic rings. The lowest BCUT2D eigenvalue weighted by Gasteiger charge is -2.42. The smallest absolute Gasteiger partial charge is 0.243 e. The van der Waals surface area contributed by atoms with Crippen LogP contribution in [0.3, 0.4) is 0 Å². The summed E-state index contributed by atoms with van der Waals surface area (Å²) in [4.78, 5) is 15.3. The monoisotopic (exact) mass is 415 g/mol. The molecule has 0 radical (unpaired) electrons. The molecule has 1 aromatic carbocycles. The molecule has 27 heavy (non-hydrogen) atoms. The van der Waals surface area contributed by atoms with Crippen LogP contribution in [0.25, 0.3) is 0 Å². The summed E-state index contributed by atoms with van der Waals surface area (Å²) in [5.74, 6) is -0.161. The van der Waals surface area contributed by atoms with Gasteiger partial charge in [0, 0.05) is 38.3 Å². The van der Waals surface area contributed by atoms with Crippen LogP contribution in [0.1, 0.15) is 32.3 Å². The number of carbonyl (C=O) groups excluding carboxylic acids is 1. The Morgan fingerprint density at radius 2 is 1.81 bits per heavy atom. The first-order valence-electron chi connectivity index (χ1n) is 9.41. The van der Waals surface area contributed by atoms with Crippen LogP contribution < -0.4 is 5.32 Å². The zero-order valence-electron chi connectivity index (χ0n) is 16.2. The van der Waals surface area contributed by atoms with E-state index in [4.69, 9.17) is 0 Å². The molecule has 1 amide bonds. The van der Waals surface area contributed by atoms with Crippen molar-refractivity contribution in [3.8, 4) is 0 Å². The fourth-order valence-corrected chi connectivity index (χ4v) is 5.35. The molecule has 2 aliphatic heterocycles. The molecule has 8 heteroatoms. The molecule has 6 nitrogen and oxygen atoms in total. The van der Waals surface area contributed by atoms with E-state index in [0.29, 0.717) is 18.0 Å². The maximum Gasteiger partial charge on any atom is 0.243 e. The first-order valence-corrected chi connectivity index (χ1v) is 10.9. The molecule has 0 spiro atoms. The predicted molar refractivity (Wildman–Crippen MR) is 109 cm³/mol. The van der Waals surface area contributed by atoms with Crippen LogP contribution >= 0.6 is 12.4 Å². The van der Waals surface area contributed by atoms with Crippen molar-refractivity contribution in [2.45, 2.75) is 50.6 Å². The van der Waals surface area contributed by atoms with Gasteiger partial charge in [0.1, 0.15) is 0 Å². The van der Waals surface area contributed by atoms with Crippen molar-refractivity contribution in [3.63, 3.8) is 0 Å². The summed E-state index contributed by atoms with van der Waals surface area (Å²) in [7, 11) is -3.55. The number of aryl methyl sites for hydroxylation is 1. The average molecular weight is 416 g/mol. The number of nitrogens with zero attached hydrogens (tertiary/aromatic N) is 2. The summed E-state index contributed by atoms with van der Waals surface area (Å²) in [6, 6.07) is 7.29. The molecule has 3 atom stereocenters. The lowest BCUT2D eigenvalue weighted by atomic mass is 9.96. The minimum absolute atomic E-state index is 0. The lowest BCUT2D eigenvalue weighted by molar-refractivity contribution is -0.140. The Morgan fingerprint density at radius 1 is 1.15 bits per heavy atom. The molecule has 0 bridgehead atoms. The Kier molecular flexibility index (Phi) is 7.30. The Bertz CT molecular complexity index is 754.